The number of hydrogen-bond donors (Lipinski definition) is 2. The molecule has 1 aromatic rings. The van der Waals surface area contributed by atoms with Crippen molar-refractivity contribution in [2.24, 2.45) is 0 Å². The average Bonchev–Trinajstić information content (AvgIpc) is 2.37. The number of carboxylic acid groups (broad SMARTS) is 1. The van der Waals surface area contributed by atoms with E-state index in [2.05, 4.69) is 5.32 Å². The summed E-state index contributed by atoms with van der Waals surface area (Å²) in [5.41, 5.74) is 2.03. The Morgan fingerprint density at radius 1 is 1.32 bits per heavy atom. The van der Waals surface area contributed by atoms with Gasteiger partial charge in [0.2, 0.25) is 0 Å². The molecule has 106 valence electrons. The lowest BCUT2D eigenvalue weighted by Crippen LogP contribution is -2.09. The van der Waals surface area contributed by atoms with Crippen LogP contribution in [0.15, 0.2) is 18.2 Å². The number of ether oxygens (including phenoxy) is 2. The first kappa shape index (κ1) is 15.5. The molecule has 0 unspecified atom stereocenters. The lowest BCUT2D eigenvalue weighted by Gasteiger charge is -2.09. The number of hydrogen-bond acceptors (Lipinski definition) is 4. The summed E-state index contributed by atoms with van der Waals surface area (Å²) in [6.07, 6.45) is 0.892. The van der Waals surface area contributed by atoms with Crippen molar-refractivity contribution in [2.75, 3.05) is 38.8 Å². The van der Waals surface area contributed by atoms with Crippen molar-refractivity contribution in [2.45, 2.75) is 13.3 Å². The van der Waals surface area contributed by atoms with E-state index in [0.29, 0.717) is 25.4 Å². The van der Waals surface area contributed by atoms with E-state index < -0.39 is 5.97 Å². The van der Waals surface area contributed by atoms with E-state index in [1.807, 2.05) is 6.07 Å². The molecule has 0 radical (unpaired) electrons. The van der Waals surface area contributed by atoms with Crippen LogP contribution >= 0.6 is 0 Å². The molecule has 0 saturated heterocycles. The van der Waals surface area contributed by atoms with Crippen LogP contribution in [0.3, 0.4) is 0 Å². The van der Waals surface area contributed by atoms with Crippen LogP contribution in [-0.4, -0.2) is 44.6 Å². The van der Waals surface area contributed by atoms with Crippen molar-refractivity contribution in [1.82, 2.24) is 0 Å². The van der Waals surface area contributed by atoms with Gasteiger partial charge < -0.3 is 19.9 Å². The van der Waals surface area contributed by atoms with Crippen LogP contribution < -0.4 is 5.32 Å². The van der Waals surface area contributed by atoms with Crippen LogP contribution in [0.5, 0.6) is 0 Å². The quantitative estimate of drug-likeness (QED) is 0.671. The minimum absolute atomic E-state index is 0.341. The molecule has 1 aromatic carbocycles. The van der Waals surface area contributed by atoms with Crippen molar-refractivity contribution in [3.8, 4) is 0 Å². The fourth-order valence-electron chi connectivity index (χ4n) is 1.66. The van der Waals surface area contributed by atoms with Crippen molar-refractivity contribution >= 4 is 11.7 Å². The number of carboxylic acids is 1. The second kappa shape index (κ2) is 8.50. The van der Waals surface area contributed by atoms with Crippen LogP contribution in [0.2, 0.25) is 0 Å². The highest BCUT2D eigenvalue weighted by molar-refractivity contribution is 5.89. The SMILES string of the molecule is COCCOCCCNc1ccc(C(=O)O)c(C)c1. The van der Waals surface area contributed by atoms with Gasteiger partial charge in [-0.25, -0.2) is 4.79 Å². The summed E-state index contributed by atoms with van der Waals surface area (Å²) >= 11 is 0. The fourth-order valence-corrected chi connectivity index (χ4v) is 1.66. The van der Waals surface area contributed by atoms with Gasteiger partial charge in [0, 0.05) is 25.9 Å². The summed E-state index contributed by atoms with van der Waals surface area (Å²) in [7, 11) is 1.65. The van der Waals surface area contributed by atoms with Crippen molar-refractivity contribution in [1.29, 1.82) is 0 Å². The van der Waals surface area contributed by atoms with Crippen molar-refractivity contribution in [3.63, 3.8) is 0 Å². The van der Waals surface area contributed by atoms with Gasteiger partial charge >= 0.3 is 5.97 Å². The third kappa shape index (κ3) is 5.72. The molecule has 0 aromatic heterocycles. The fraction of sp³-hybridized carbons (Fsp3) is 0.500. The van der Waals surface area contributed by atoms with Crippen LogP contribution in [0.1, 0.15) is 22.3 Å². The first-order valence-electron chi connectivity index (χ1n) is 6.29. The Balaban J connectivity index is 2.26. The summed E-state index contributed by atoms with van der Waals surface area (Å²) in [5, 5.41) is 12.2. The number of aryl methyl sites for hydroxylation is 1. The molecule has 0 aliphatic rings. The highest BCUT2D eigenvalue weighted by Gasteiger charge is 2.06. The number of benzene rings is 1. The Morgan fingerprint density at radius 2 is 2.11 bits per heavy atom. The molecule has 5 nitrogen and oxygen atoms in total. The smallest absolute Gasteiger partial charge is 0.335 e. The van der Waals surface area contributed by atoms with Crippen molar-refractivity contribution in [3.05, 3.63) is 29.3 Å². The minimum Gasteiger partial charge on any atom is -0.478 e. The lowest BCUT2D eigenvalue weighted by atomic mass is 10.1. The molecule has 0 amide bonds. The lowest BCUT2D eigenvalue weighted by molar-refractivity contribution is 0.0696. The molecule has 19 heavy (non-hydrogen) atoms. The molecular formula is C14H21NO4. The average molecular weight is 267 g/mol. The first-order chi connectivity index (χ1) is 9.15. The summed E-state index contributed by atoms with van der Waals surface area (Å²) in [4.78, 5) is 10.9. The molecule has 0 saturated carbocycles. The monoisotopic (exact) mass is 267 g/mol. The molecule has 0 spiro atoms. The number of anilines is 1. The van der Waals surface area contributed by atoms with E-state index in [9.17, 15) is 4.79 Å². The first-order valence-corrected chi connectivity index (χ1v) is 6.29. The number of nitrogens with one attached hydrogen (secondary N) is 1. The standard InChI is InChI=1S/C14H21NO4/c1-11-10-12(4-5-13(11)14(16)17)15-6-3-7-19-9-8-18-2/h4-5,10,15H,3,6-9H2,1-2H3,(H,16,17). The second-order valence-corrected chi connectivity index (χ2v) is 4.22. The Bertz CT molecular complexity index is 406. The van der Waals surface area contributed by atoms with Gasteiger partial charge in [0.25, 0.3) is 0 Å². The number of methoxy groups -OCH3 is 1. The van der Waals surface area contributed by atoms with Gasteiger partial charge in [-0.1, -0.05) is 0 Å². The van der Waals surface area contributed by atoms with E-state index in [1.165, 1.54) is 0 Å². The third-order valence-corrected chi connectivity index (χ3v) is 2.68. The summed E-state index contributed by atoms with van der Waals surface area (Å²) in [5.74, 6) is -0.893. The predicted molar refractivity (Wildman–Crippen MR) is 73.9 cm³/mol. The van der Waals surface area contributed by atoms with Gasteiger partial charge in [-0.2, -0.15) is 0 Å². The third-order valence-electron chi connectivity index (χ3n) is 2.68. The Hall–Kier alpha value is -1.59. The Kier molecular flexibility index (Phi) is 6.92. The van der Waals surface area contributed by atoms with Gasteiger partial charge in [0.15, 0.2) is 0 Å². The van der Waals surface area contributed by atoms with Gasteiger partial charge in [0.05, 0.1) is 18.8 Å². The van der Waals surface area contributed by atoms with E-state index >= 15 is 0 Å². The van der Waals surface area contributed by atoms with Crippen LogP contribution in [-0.2, 0) is 9.47 Å². The number of rotatable bonds is 9. The minimum atomic E-state index is -0.893. The Morgan fingerprint density at radius 3 is 2.74 bits per heavy atom. The highest BCUT2D eigenvalue weighted by Crippen LogP contribution is 2.15. The van der Waals surface area contributed by atoms with Crippen LogP contribution in [0.25, 0.3) is 0 Å². The molecule has 0 atom stereocenters. The molecular weight excluding hydrogens is 246 g/mol. The zero-order valence-corrected chi connectivity index (χ0v) is 11.4. The van der Waals surface area contributed by atoms with Gasteiger partial charge in [-0.3, -0.25) is 0 Å². The maximum atomic E-state index is 10.9. The van der Waals surface area contributed by atoms with Crippen LogP contribution in [0, 0.1) is 6.92 Å². The highest BCUT2D eigenvalue weighted by atomic mass is 16.5. The predicted octanol–water partition coefficient (Wildman–Crippen LogP) is 2.16. The molecule has 2 N–H and O–H groups in total. The molecule has 0 aliphatic heterocycles. The molecule has 1 rings (SSSR count). The number of aromatic carboxylic acids is 1. The second-order valence-electron chi connectivity index (χ2n) is 4.22. The molecule has 0 fully saturated rings. The zero-order valence-electron chi connectivity index (χ0n) is 11.4. The summed E-state index contributed by atoms with van der Waals surface area (Å²) in [6, 6.07) is 5.24. The number of carbonyl (C=O) groups is 1. The molecule has 0 bridgehead atoms. The van der Waals surface area contributed by atoms with Crippen LogP contribution in [0.4, 0.5) is 5.69 Å². The van der Waals surface area contributed by atoms with E-state index in [4.69, 9.17) is 14.6 Å². The van der Waals surface area contributed by atoms with Crippen molar-refractivity contribution < 1.29 is 19.4 Å². The molecule has 5 heteroatoms. The maximum absolute atomic E-state index is 10.9. The topological polar surface area (TPSA) is 67.8 Å². The zero-order chi connectivity index (χ0) is 14.1. The van der Waals surface area contributed by atoms with Gasteiger partial charge in [-0.15, -0.1) is 0 Å². The van der Waals surface area contributed by atoms with Gasteiger partial charge in [-0.05, 0) is 37.1 Å². The van der Waals surface area contributed by atoms with Gasteiger partial charge in [0.1, 0.15) is 0 Å². The summed E-state index contributed by atoms with van der Waals surface area (Å²) in [6.45, 7) is 4.50. The Labute approximate surface area is 113 Å². The van der Waals surface area contributed by atoms with E-state index in [1.54, 1.807) is 26.2 Å². The normalized spacial score (nSPS) is 10.4. The maximum Gasteiger partial charge on any atom is 0.335 e. The summed E-state index contributed by atoms with van der Waals surface area (Å²) < 4.78 is 10.2. The molecule has 0 aliphatic carbocycles. The van der Waals surface area contributed by atoms with E-state index in [0.717, 1.165) is 24.2 Å². The molecule has 0 heterocycles. The largest absolute Gasteiger partial charge is 0.478 e. The van der Waals surface area contributed by atoms with E-state index in [-0.39, 0.29) is 0 Å².